The van der Waals surface area contributed by atoms with Gasteiger partial charge in [0, 0.05) is 30.8 Å². The predicted octanol–water partition coefficient (Wildman–Crippen LogP) is 1.91. The number of ether oxygens (including phenoxy) is 1. The van der Waals surface area contributed by atoms with Gasteiger partial charge in [-0.1, -0.05) is 18.2 Å². The quantitative estimate of drug-likeness (QED) is 0.819. The number of hydrogen-bond donors (Lipinski definition) is 1. The third-order valence-electron chi connectivity index (χ3n) is 3.62. The van der Waals surface area contributed by atoms with E-state index in [1.54, 1.807) is 0 Å². The van der Waals surface area contributed by atoms with Gasteiger partial charge in [0.25, 0.3) is 5.91 Å². The van der Waals surface area contributed by atoms with Crippen LogP contribution in [0.15, 0.2) is 36.5 Å². The topological polar surface area (TPSA) is 69.0 Å². The van der Waals surface area contributed by atoms with Crippen LogP contribution in [-0.2, 0) is 4.74 Å². The summed E-state index contributed by atoms with van der Waals surface area (Å²) in [7, 11) is 0. The Morgan fingerprint density at radius 2 is 2.09 bits per heavy atom. The van der Waals surface area contributed by atoms with Crippen LogP contribution in [0.2, 0.25) is 0 Å². The van der Waals surface area contributed by atoms with Crippen molar-refractivity contribution in [2.24, 2.45) is 0 Å². The molecule has 0 bridgehead atoms. The third kappa shape index (κ3) is 4.56. The normalized spacial score (nSPS) is 15.5. The molecule has 0 saturated carbocycles. The zero-order chi connectivity index (χ0) is 15.9. The molecule has 6 nitrogen and oxygen atoms in total. The molecule has 1 aromatic heterocycles. The summed E-state index contributed by atoms with van der Waals surface area (Å²) in [6.45, 7) is 2.35. The Morgan fingerprint density at radius 1 is 1.30 bits per heavy atom. The molecule has 1 fully saturated rings. The molecule has 1 aliphatic rings. The van der Waals surface area contributed by atoms with Crippen molar-refractivity contribution in [3.05, 3.63) is 42.2 Å². The average Bonchev–Trinajstić information content (AvgIpc) is 3.10. The van der Waals surface area contributed by atoms with Gasteiger partial charge in [-0.25, -0.2) is 0 Å². The number of amides is 1. The Balaban J connectivity index is 1.44. The van der Waals surface area contributed by atoms with Crippen molar-refractivity contribution in [1.82, 2.24) is 20.3 Å². The Labute approximate surface area is 139 Å². The zero-order valence-electron chi connectivity index (χ0n) is 12.9. The van der Waals surface area contributed by atoms with Crippen molar-refractivity contribution in [3.63, 3.8) is 0 Å². The number of carbonyl (C=O) groups excluding carboxylic acids is 1. The van der Waals surface area contributed by atoms with Crippen molar-refractivity contribution < 1.29 is 9.53 Å². The highest BCUT2D eigenvalue weighted by molar-refractivity contribution is 7.99. The van der Waals surface area contributed by atoms with Gasteiger partial charge in [-0.05, 0) is 25.0 Å². The van der Waals surface area contributed by atoms with Gasteiger partial charge in [-0.15, -0.1) is 5.10 Å². The summed E-state index contributed by atoms with van der Waals surface area (Å²) in [5.74, 6) is 0.725. The van der Waals surface area contributed by atoms with Crippen LogP contribution in [-0.4, -0.2) is 51.7 Å². The first-order chi connectivity index (χ1) is 11.3. The molecule has 0 radical (unpaired) electrons. The van der Waals surface area contributed by atoms with Crippen LogP contribution < -0.4 is 5.32 Å². The highest BCUT2D eigenvalue weighted by atomic mass is 32.2. The molecule has 0 unspecified atom stereocenters. The van der Waals surface area contributed by atoms with E-state index in [-0.39, 0.29) is 5.91 Å². The summed E-state index contributed by atoms with van der Waals surface area (Å²) in [5.41, 5.74) is 1.17. The fraction of sp³-hybridized carbons (Fsp3) is 0.438. The monoisotopic (exact) mass is 332 g/mol. The summed E-state index contributed by atoms with van der Waals surface area (Å²) < 4.78 is 5.34. The first-order valence-electron chi connectivity index (χ1n) is 7.78. The maximum atomic E-state index is 12.1. The molecule has 1 amide bonds. The van der Waals surface area contributed by atoms with Crippen LogP contribution >= 0.6 is 11.8 Å². The smallest absolute Gasteiger partial charge is 0.273 e. The highest BCUT2D eigenvalue weighted by Gasteiger charge is 2.14. The van der Waals surface area contributed by atoms with Crippen molar-refractivity contribution in [3.8, 4) is 5.69 Å². The maximum absolute atomic E-state index is 12.1. The van der Waals surface area contributed by atoms with E-state index in [2.05, 4.69) is 15.5 Å². The third-order valence-corrected chi connectivity index (χ3v) is 5.00. The molecule has 1 aliphatic heterocycles. The summed E-state index contributed by atoms with van der Waals surface area (Å²) >= 11 is 1.90. The lowest BCUT2D eigenvalue weighted by molar-refractivity contribution is 0.0949. The second-order valence-corrected chi connectivity index (χ2v) is 6.70. The second kappa shape index (κ2) is 8.12. The van der Waals surface area contributed by atoms with Crippen LogP contribution in [0.3, 0.4) is 0 Å². The van der Waals surface area contributed by atoms with E-state index in [1.807, 2.05) is 42.1 Å². The molecule has 1 N–H and O–H groups in total. The SMILES string of the molecule is O=C(NCCSC1CCOCC1)c1cnn(-c2ccccc2)n1. The second-order valence-electron chi connectivity index (χ2n) is 5.29. The number of para-hydroxylation sites is 1. The van der Waals surface area contributed by atoms with Crippen LogP contribution in [0, 0.1) is 0 Å². The van der Waals surface area contributed by atoms with Gasteiger partial charge in [0.1, 0.15) is 0 Å². The number of benzene rings is 1. The first-order valence-corrected chi connectivity index (χ1v) is 8.83. The van der Waals surface area contributed by atoms with Gasteiger partial charge in [0.05, 0.1) is 11.9 Å². The zero-order valence-corrected chi connectivity index (χ0v) is 13.7. The Morgan fingerprint density at radius 3 is 2.87 bits per heavy atom. The molecule has 1 saturated heterocycles. The molecule has 0 atom stereocenters. The van der Waals surface area contributed by atoms with E-state index in [9.17, 15) is 4.79 Å². The number of aromatic nitrogens is 3. The van der Waals surface area contributed by atoms with Crippen molar-refractivity contribution in [2.75, 3.05) is 25.5 Å². The molecular weight excluding hydrogens is 312 g/mol. The number of carbonyl (C=O) groups is 1. The van der Waals surface area contributed by atoms with E-state index in [0.717, 1.165) is 37.5 Å². The summed E-state index contributed by atoms with van der Waals surface area (Å²) in [6.07, 6.45) is 3.70. The molecule has 3 rings (SSSR count). The lowest BCUT2D eigenvalue weighted by Crippen LogP contribution is -2.27. The molecule has 122 valence electrons. The minimum atomic E-state index is -0.181. The summed E-state index contributed by atoms with van der Waals surface area (Å²) in [4.78, 5) is 13.5. The van der Waals surface area contributed by atoms with E-state index < -0.39 is 0 Å². The van der Waals surface area contributed by atoms with Crippen LogP contribution in [0.5, 0.6) is 0 Å². The standard InChI is InChI=1S/C16H20N4O2S/c21-16(17-8-11-23-14-6-9-22-10-7-14)15-12-18-20(19-15)13-4-2-1-3-5-13/h1-5,12,14H,6-11H2,(H,17,21). The van der Waals surface area contributed by atoms with Gasteiger partial charge in [0.2, 0.25) is 0 Å². The molecule has 7 heteroatoms. The summed E-state index contributed by atoms with van der Waals surface area (Å²) in [6, 6.07) is 9.53. The van der Waals surface area contributed by atoms with E-state index in [1.165, 1.54) is 11.0 Å². The van der Waals surface area contributed by atoms with Crippen molar-refractivity contribution in [1.29, 1.82) is 0 Å². The molecule has 2 aromatic rings. The molecular formula is C16H20N4O2S. The van der Waals surface area contributed by atoms with Crippen molar-refractivity contribution >= 4 is 17.7 Å². The average molecular weight is 332 g/mol. The Bertz CT molecular complexity index is 626. The Kier molecular flexibility index (Phi) is 5.65. The van der Waals surface area contributed by atoms with Crippen molar-refractivity contribution in [2.45, 2.75) is 18.1 Å². The van der Waals surface area contributed by atoms with Crippen LogP contribution in [0.1, 0.15) is 23.3 Å². The Hall–Kier alpha value is -1.86. The van der Waals surface area contributed by atoms with Gasteiger partial charge in [-0.3, -0.25) is 4.79 Å². The van der Waals surface area contributed by atoms with E-state index in [0.29, 0.717) is 17.5 Å². The lowest BCUT2D eigenvalue weighted by Gasteiger charge is -2.21. The molecule has 2 heterocycles. The molecule has 0 aliphatic carbocycles. The van der Waals surface area contributed by atoms with E-state index in [4.69, 9.17) is 4.74 Å². The van der Waals surface area contributed by atoms with Gasteiger partial charge < -0.3 is 10.1 Å². The first kappa shape index (κ1) is 16.0. The maximum Gasteiger partial charge on any atom is 0.273 e. The van der Waals surface area contributed by atoms with E-state index >= 15 is 0 Å². The highest BCUT2D eigenvalue weighted by Crippen LogP contribution is 2.21. The van der Waals surface area contributed by atoms with Crippen LogP contribution in [0.25, 0.3) is 5.69 Å². The predicted molar refractivity (Wildman–Crippen MR) is 90.0 cm³/mol. The number of nitrogens with zero attached hydrogens (tertiary/aromatic N) is 3. The number of hydrogen-bond acceptors (Lipinski definition) is 5. The molecule has 23 heavy (non-hydrogen) atoms. The van der Waals surface area contributed by atoms with Gasteiger partial charge in [-0.2, -0.15) is 21.7 Å². The van der Waals surface area contributed by atoms with Gasteiger partial charge >= 0.3 is 0 Å². The lowest BCUT2D eigenvalue weighted by atomic mass is 10.2. The minimum Gasteiger partial charge on any atom is -0.381 e. The fourth-order valence-electron chi connectivity index (χ4n) is 2.38. The van der Waals surface area contributed by atoms with Crippen LogP contribution in [0.4, 0.5) is 0 Å². The summed E-state index contributed by atoms with van der Waals surface area (Å²) in [5, 5.41) is 11.9. The van der Waals surface area contributed by atoms with Gasteiger partial charge in [0.15, 0.2) is 5.69 Å². The fourth-order valence-corrected chi connectivity index (χ4v) is 3.46. The molecule has 0 spiro atoms. The number of nitrogens with one attached hydrogen (secondary N) is 1. The minimum absolute atomic E-state index is 0.181. The largest absolute Gasteiger partial charge is 0.381 e. The number of rotatable bonds is 6. The number of thioether (sulfide) groups is 1. The molecule has 1 aromatic carbocycles.